The minimum absolute atomic E-state index is 0.0415. The van der Waals surface area contributed by atoms with Gasteiger partial charge in [0.15, 0.2) is 0 Å². The smallest absolute Gasteiger partial charge is 0.108 e. The van der Waals surface area contributed by atoms with Crippen LogP contribution in [0, 0.1) is 11.8 Å². The second-order valence-corrected chi connectivity index (χ2v) is 16.6. The molecule has 2 aromatic carbocycles. The van der Waals surface area contributed by atoms with Crippen LogP contribution in [0.1, 0.15) is 43.2 Å². The van der Waals surface area contributed by atoms with E-state index >= 15 is 0 Å². The highest BCUT2D eigenvalue weighted by molar-refractivity contribution is 5.76. The zero-order chi connectivity index (χ0) is 30.8. The van der Waals surface area contributed by atoms with E-state index in [1.165, 1.54) is 54.9 Å². The molecule has 2 aliphatic carbocycles. The fraction of sp³-hybridized carbons (Fsp3) is 0.500. The quantitative estimate of drug-likeness (QED) is 0.380. The molecule has 4 saturated heterocycles. The lowest BCUT2D eigenvalue weighted by Gasteiger charge is -2.58. The maximum atomic E-state index is 10.3. The van der Waals surface area contributed by atoms with Crippen molar-refractivity contribution in [1.82, 2.24) is 0 Å². The second-order valence-electron chi connectivity index (χ2n) is 16.6. The summed E-state index contributed by atoms with van der Waals surface area (Å²) in [6, 6.07) is 20.5. The topological polar surface area (TPSA) is 46.9 Å². The predicted octanol–water partition coefficient (Wildman–Crippen LogP) is 4.71. The number of likely N-dealkylation sites (N-methyl/N-ethyl adjacent to an activating group) is 2. The average molecular weight is 615 g/mol. The minimum Gasteiger partial charge on any atom is -0.392 e. The van der Waals surface area contributed by atoms with Crippen molar-refractivity contribution in [2.24, 2.45) is 11.8 Å². The number of nitrogens with zero attached hydrogens (tertiary/aromatic N) is 4. The summed E-state index contributed by atoms with van der Waals surface area (Å²) in [6.45, 7) is 3.62. The van der Waals surface area contributed by atoms with E-state index in [9.17, 15) is 10.2 Å². The Bertz CT molecular complexity index is 1860. The Morgan fingerprint density at radius 2 is 1.41 bits per heavy atom. The number of hydrogen-bond donors (Lipinski definition) is 2. The van der Waals surface area contributed by atoms with Crippen LogP contribution in [-0.4, -0.2) is 90.3 Å². The monoisotopic (exact) mass is 614 g/mol. The van der Waals surface area contributed by atoms with Gasteiger partial charge in [0.25, 0.3) is 0 Å². The lowest BCUT2D eigenvalue weighted by atomic mass is 9.56. The molecule has 10 atom stereocenters. The van der Waals surface area contributed by atoms with Gasteiger partial charge in [0.1, 0.15) is 24.3 Å². The molecule has 2 saturated carbocycles. The maximum Gasteiger partial charge on any atom is 0.108 e. The molecule has 2 N–H and O–H groups in total. The van der Waals surface area contributed by atoms with Gasteiger partial charge < -0.3 is 24.5 Å². The van der Waals surface area contributed by atoms with Crippen molar-refractivity contribution in [2.75, 3.05) is 56.7 Å². The van der Waals surface area contributed by atoms with Gasteiger partial charge in [0.2, 0.25) is 0 Å². The summed E-state index contributed by atoms with van der Waals surface area (Å²) >= 11 is 0. The van der Waals surface area contributed by atoms with Gasteiger partial charge >= 0.3 is 0 Å². The van der Waals surface area contributed by atoms with Crippen LogP contribution in [0.25, 0.3) is 0 Å². The van der Waals surface area contributed by atoms with Crippen molar-refractivity contribution >= 4 is 11.4 Å². The number of anilines is 2. The van der Waals surface area contributed by atoms with Crippen LogP contribution in [0.2, 0.25) is 0 Å². The van der Waals surface area contributed by atoms with Crippen LogP contribution < -0.4 is 9.80 Å². The van der Waals surface area contributed by atoms with Crippen molar-refractivity contribution in [3.63, 3.8) is 0 Å². The van der Waals surface area contributed by atoms with Crippen molar-refractivity contribution in [2.45, 2.75) is 67.1 Å². The zero-order valence-corrected chi connectivity index (χ0v) is 27.1. The molecule has 7 aliphatic heterocycles. The molecule has 9 aliphatic rings. The van der Waals surface area contributed by atoms with Crippen LogP contribution >= 0.6 is 0 Å². The van der Waals surface area contributed by atoms with Crippen LogP contribution in [0.4, 0.5) is 11.4 Å². The van der Waals surface area contributed by atoms with Gasteiger partial charge in [-0.15, -0.1) is 0 Å². The number of fused-ring (bicyclic) bond motifs is 8. The largest absolute Gasteiger partial charge is 0.392 e. The molecule has 6 heteroatoms. The molecule has 6 fully saturated rings. The van der Waals surface area contributed by atoms with E-state index in [1.807, 2.05) is 0 Å². The van der Waals surface area contributed by atoms with Gasteiger partial charge in [0.05, 0.1) is 63.3 Å². The molecule has 0 aromatic heterocycles. The number of aliphatic hydroxyl groups is 2. The van der Waals surface area contributed by atoms with E-state index in [4.69, 9.17) is 0 Å². The first-order chi connectivity index (χ1) is 22.4. The van der Waals surface area contributed by atoms with Gasteiger partial charge in [-0.3, -0.25) is 4.48 Å². The fourth-order valence-electron chi connectivity index (χ4n) is 13.8. The Labute approximate surface area is 272 Å². The Morgan fingerprint density at radius 3 is 2.13 bits per heavy atom. The van der Waals surface area contributed by atoms with Crippen LogP contribution in [0.15, 0.2) is 95.5 Å². The van der Waals surface area contributed by atoms with Crippen molar-refractivity contribution in [3.05, 3.63) is 107 Å². The highest BCUT2D eigenvalue weighted by atomic mass is 16.3. The molecule has 46 heavy (non-hydrogen) atoms. The van der Waals surface area contributed by atoms with Crippen molar-refractivity contribution in [1.29, 1.82) is 0 Å². The van der Waals surface area contributed by atoms with Crippen molar-refractivity contribution in [3.8, 4) is 0 Å². The van der Waals surface area contributed by atoms with E-state index in [0.29, 0.717) is 30.0 Å². The molecule has 7 heterocycles. The molecular formula is C40H46N4O2+2. The number of para-hydroxylation sites is 2. The normalized spacial score (nSPS) is 46.3. The lowest BCUT2D eigenvalue weighted by Crippen LogP contribution is -2.67. The highest BCUT2D eigenvalue weighted by Gasteiger charge is 2.74. The van der Waals surface area contributed by atoms with Crippen LogP contribution in [-0.2, 0) is 10.8 Å². The van der Waals surface area contributed by atoms with Gasteiger partial charge in [-0.25, -0.2) is 0 Å². The first-order valence-electron chi connectivity index (χ1n) is 17.9. The summed E-state index contributed by atoms with van der Waals surface area (Å²) in [5.41, 5.74) is 12.2. The summed E-state index contributed by atoms with van der Waals surface area (Å²) in [5, 5.41) is 20.5. The summed E-state index contributed by atoms with van der Waals surface area (Å²) in [4.78, 5) is 5.57. The first-order valence-corrected chi connectivity index (χ1v) is 17.9. The highest BCUT2D eigenvalue weighted by Crippen LogP contribution is 2.69. The average Bonchev–Trinajstić information content (AvgIpc) is 3.73. The number of rotatable bonds is 2. The van der Waals surface area contributed by atoms with Gasteiger partial charge in [-0.2, -0.15) is 0 Å². The molecule has 0 radical (unpaired) electrons. The molecule has 2 spiro atoms. The van der Waals surface area contributed by atoms with E-state index < -0.39 is 0 Å². The third-order valence-corrected chi connectivity index (χ3v) is 15.4. The van der Waals surface area contributed by atoms with E-state index in [1.54, 1.807) is 22.3 Å². The number of allylic oxidation sites excluding steroid dienone is 1. The molecule has 4 bridgehead atoms. The summed E-state index contributed by atoms with van der Waals surface area (Å²) < 4.78 is 2.08. The van der Waals surface area contributed by atoms with Gasteiger partial charge in [-0.05, 0) is 52.0 Å². The molecule has 6 nitrogen and oxygen atoms in total. The van der Waals surface area contributed by atoms with Crippen LogP contribution in [0.5, 0.6) is 0 Å². The molecule has 236 valence electrons. The standard InChI is InChI=1S/C40H46N4O2/c1-43-15-13-39-31-7-3-5-9-33(31)41-22-29-26-19-27(12-18-46)44(2)16-14-40(36(44)20-26)32-8-4-6-10-34(32)42(37(29)40)23-30(38(39)41)28(21-35(39)43)25(24-43)11-17-45/h3-12,22-23,26,28,35-38,45-46H,13-21,24H2,1-2H3/q+2/t26-,28-,35+,36+,37+,38+,39-,40-,43+,44+/m1/s1. The lowest BCUT2D eigenvalue weighted by molar-refractivity contribution is -0.924. The number of benzene rings is 2. The molecule has 11 rings (SSSR count). The Hall–Kier alpha value is -3.16. The van der Waals surface area contributed by atoms with E-state index in [2.05, 4.69) is 97.0 Å². The van der Waals surface area contributed by atoms with Gasteiger partial charge in [-0.1, -0.05) is 42.5 Å². The number of hydrogen-bond acceptors (Lipinski definition) is 4. The first kappa shape index (κ1) is 26.9. The van der Waals surface area contributed by atoms with E-state index in [-0.39, 0.29) is 30.1 Å². The molecular weight excluding hydrogens is 568 g/mol. The molecule has 2 aromatic rings. The van der Waals surface area contributed by atoms with Crippen molar-refractivity contribution < 1.29 is 19.2 Å². The van der Waals surface area contributed by atoms with Gasteiger partial charge in [0, 0.05) is 61.8 Å². The van der Waals surface area contributed by atoms with Crippen LogP contribution in [0.3, 0.4) is 0 Å². The molecule has 0 unspecified atom stereocenters. The zero-order valence-electron chi connectivity index (χ0n) is 27.1. The number of aliphatic hydroxyl groups excluding tert-OH is 2. The summed E-state index contributed by atoms with van der Waals surface area (Å²) in [5.74, 6) is 0.833. The summed E-state index contributed by atoms with van der Waals surface area (Å²) in [6.07, 6.45) is 15.5. The summed E-state index contributed by atoms with van der Waals surface area (Å²) in [7, 11) is 4.98. The third kappa shape index (κ3) is 2.74. The number of quaternary nitrogens is 2. The Kier molecular flexibility index (Phi) is 4.94. The second kappa shape index (κ2) is 8.46. The third-order valence-electron chi connectivity index (χ3n) is 15.4. The predicted molar refractivity (Wildman–Crippen MR) is 180 cm³/mol. The SMILES string of the molecule is C[N@@+]12CC[C@@]34c5ccccc5N5C=C6[C@@H]7CC(=CCO)[N@+]8(C)CC[C@@]9(c%10ccccc%10N(C=C([C@H](C[C@@H]31)C(=CCO)C2)[C@H]54)[C@@H]69)[C@@H]8C7. The number of piperidine rings is 2. The maximum absolute atomic E-state index is 10.3. The Balaban J connectivity index is 1.23. The Morgan fingerprint density at radius 1 is 0.783 bits per heavy atom. The fourth-order valence-corrected chi connectivity index (χ4v) is 13.8. The minimum atomic E-state index is 0.0415. The van der Waals surface area contributed by atoms with E-state index in [0.717, 1.165) is 28.5 Å². The molecule has 0 amide bonds.